The second kappa shape index (κ2) is 5.48. The Balaban J connectivity index is 1.71. The molecule has 0 saturated heterocycles. The molecule has 0 saturated carbocycles. The summed E-state index contributed by atoms with van der Waals surface area (Å²) in [7, 11) is 1.63. The van der Waals surface area contributed by atoms with Crippen LogP contribution in [0.2, 0.25) is 0 Å². The summed E-state index contributed by atoms with van der Waals surface area (Å²) in [5.74, 6) is 0.791. The Bertz CT molecular complexity index is 657. The highest BCUT2D eigenvalue weighted by molar-refractivity contribution is 5.90. The fourth-order valence-corrected chi connectivity index (χ4v) is 2.57. The number of carbonyl (C=O) groups excluding carboxylic acids is 1. The summed E-state index contributed by atoms with van der Waals surface area (Å²) in [6.45, 7) is 3.28. The highest BCUT2D eigenvalue weighted by atomic mass is 16.5. The van der Waals surface area contributed by atoms with Gasteiger partial charge in [-0.2, -0.15) is 0 Å². The van der Waals surface area contributed by atoms with Crippen LogP contribution < -0.4 is 10.1 Å². The summed E-state index contributed by atoms with van der Waals surface area (Å²) in [6.07, 6.45) is 0. The molecule has 21 heavy (non-hydrogen) atoms. The van der Waals surface area contributed by atoms with E-state index in [0.29, 0.717) is 13.1 Å². The number of benzene rings is 2. The normalized spacial score (nSPS) is 13.0. The summed E-state index contributed by atoms with van der Waals surface area (Å²) in [6, 6.07) is 13.7. The average molecular weight is 282 g/mol. The monoisotopic (exact) mass is 282 g/mol. The van der Waals surface area contributed by atoms with E-state index in [9.17, 15) is 4.79 Å². The van der Waals surface area contributed by atoms with Gasteiger partial charge in [-0.25, -0.2) is 4.79 Å². The topological polar surface area (TPSA) is 41.6 Å². The average Bonchev–Trinajstić information content (AvgIpc) is 2.93. The third-order valence-electron chi connectivity index (χ3n) is 3.80. The second-order valence-electron chi connectivity index (χ2n) is 5.24. The highest BCUT2D eigenvalue weighted by Gasteiger charge is 2.23. The van der Waals surface area contributed by atoms with Gasteiger partial charge in [0, 0.05) is 18.8 Å². The second-order valence-corrected chi connectivity index (χ2v) is 5.24. The van der Waals surface area contributed by atoms with Gasteiger partial charge in [-0.05, 0) is 41.8 Å². The third kappa shape index (κ3) is 2.70. The molecule has 0 bridgehead atoms. The van der Waals surface area contributed by atoms with Crippen molar-refractivity contribution >= 4 is 11.7 Å². The maximum atomic E-state index is 12.4. The van der Waals surface area contributed by atoms with Crippen LogP contribution in [-0.4, -0.2) is 18.0 Å². The molecule has 1 N–H and O–H groups in total. The number of hydrogen-bond acceptors (Lipinski definition) is 2. The summed E-state index contributed by atoms with van der Waals surface area (Å²) < 4.78 is 5.17. The van der Waals surface area contributed by atoms with Crippen LogP contribution in [0.3, 0.4) is 0 Å². The molecular formula is C17H18N2O2. The smallest absolute Gasteiger partial charge is 0.322 e. The zero-order valence-electron chi connectivity index (χ0n) is 12.2. The lowest BCUT2D eigenvalue weighted by atomic mass is 10.1. The molecule has 3 rings (SSSR count). The molecule has 4 nitrogen and oxygen atoms in total. The molecule has 2 aromatic carbocycles. The zero-order chi connectivity index (χ0) is 14.8. The van der Waals surface area contributed by atoms with Crippen molar-refractivity contribution in [3.63, 3.8) is 0 Å². The SMILES string of the molecule is COc1ccc(NC(=O)N2Cc3ccccc3C2)c(C)c1. The minimum atomic E-state index is -0.0699. The van der Waals surface area contributed by atoms with Gasteiger partial charge in [0.05, 0.1) is 7.11 Å². The van der Waals surface area contributed by atoms with Gasteiger partial charge < -0.3 is 15.0 Å². The fraction of sp³-hybridized carbons (Fsp3) is 0.235. The van der Waals surface area contributed by atoms with Crippen molar-refractivity contribution in [1.29, 1.82) is 0 Å². The van der Waals surface area contributed by atoms with Crippen LogP contribution in [0.5, 0.6) is 5.75 Å². The number of carbonyl (C=O) groups is 1. The van der Waals surface area contributed by atoms with E-state index in [1.165, 1.54) is 11.1 Å². The van der Waals surface area contributed by atoms with Crippen molar-refractivity contribution in [3.05, 3.63) is 59.2 Å². The van der Waals surface area contributed by atoms with Crippen LogP contribution in [0.4, 0.5) is 10.5 Å². The maximum Gasteiger partial charge on any atom is 0.322 e. The van der Waals surface area contributed by atoms with E-state index in [1.54, 1.807) is 7.11 Å². The number of hydrogen-bond donors (Lipinski definition) is 1. The van der Waals surface area contributed by atoms with E-state index in [1.807, 2.05) is 42.2 Å². The summed E-state index contributed by atoms with van der Waals surface area (Å²) in [5, 5.41) is 2.97. The van der Waals surface area contributed by atoms with E-state index < -0.39 is 0 Å². The molecule has 0 atom stereocenters. The number of amides is 2. The first-order chi connectivity index (χ1) is 10.2. The standard InChI is InChI=1S/C17H18N2O2/c1-12-9-15(21-2)7-8-16(12)18-17(20)19-10-13-5-3-4-6-14(13)11-19/h3-9H,10-11H2,1-2H3,(H,18,20). The van der Waals surface area contributed by atoms with Crippen molar-refractivity contribution in [2.45, 2.75) is 20.0 Å². The van der Waals surface area contributed by atoms with Crippen molar-refractivity contribution in [2.75, 3.05) is 12.4 Å². The van der Waals surface area contributed by atoms with Crippen LogP contribution in [0, 0.1) is 6.92 Å². The van der Waals surface area contributed by atoms with E-state index in [2.05, 4.69) is 17.4 Å². The molecule has 108 valence electrons. The molecule has 0 aliphatic carbocycles. The largest absolute Gasteiger partial charge is 0.497 e. The number of nitrogens with zero attached hydrogens (tertiary/aromatic N) is 1. The van der Waals surface area contributed by atoms with Gasteiger partial charge in [-0.15, -0.1) is 0 Å². The quantitative estimate of drug-likeness (QED) is 0.915. The van der Waals surface area contributed by atoms with Crippen LogP contribution in [0.15, 0.2) is 42.5 Å². The van der Waals surface area contributed by atoms with Crippen molar-refractivity contribution in [3.8, 4) is 5.75 Å². The number of methoxy groups -OCH3 is 1. The number of ether oxygens (including phenoxy) is 1. The number of anilines is 1. The Morgan fingerprint density at radius 2 is 1.81 bits per heavy atom. The van der Waals surface area contributed by atoms with Crippen LogP contribution in [0.25, 0.3) is 0 Å². The van der Waals surface area contributed by atoms with Gasteiger partial charge in [0.15, 0.2) is 0 Å². The molecule has 0 unspecified atom stereocenters. The highest BCUT2D eigenvalue weighted by Crippen LogP contribution is 2.25. The Morgan fingerprint density at radius 1 is 1.14 bits per heavy atom. The van der Waals surface area contributed by atoms with Crippen molar-refractivity contribution < 1.29 is 9.53 Å². The molecule has 2 aromatic rings. The Morgan fingerprint density at radius 3 is 2.38 bits per heavy atom. The molecule has 0 aromatic heterocycles. The molecule has 2 amide bonds. The molecule has 0 radical (unpaired) electrons. The summed E-state index contributed by atoms with van der Waals surface area (Å²) in [5.41, 5.74) is 4.24. The number of rotatable bonds is 2. The van der Waals surface area contributed by atoms with E-state index in [-0.39, 0.29) is 6.03 Å². The molecule has 1 heterocycles. The number of urea groups is 1. The van der Waals surface area contributed by atoms with Gasteiger partial charge >= 0.3 is 6.03 Å². The lowest BCUT2D eigenvalue weighted by molar-refractivity contribution is 0.212. The molecule has 0 spiro atoms. The minimum absolute atomic E-state index is 0.0699. The lowest BCUT2D eigenvalue weighted by Crippen LogP contribution is -2.30. The van der Waals surface area contributed by atoms with Crippen LogP contribution in [-0.2, 0) is 13.1 Å². The first kappa shape index (κ1) is 13.5. The predicted molar refractivity (Wildman–Crippen MR) is 82.4 cm³/mol. The van der Waals surface area contributed by atoms with Crippen molar-refractivity contribution in [1.82, 2.24) is 4.90 Å². The van der Waals surface area contributed by atoms with Crippen LogP contribution >= 0.6 is 0 Å². The number of fused-ring (bicyclic) bond motifs is 1. The van der Waals surface area contributed by atoms with Gasteiger partial charge in [-0.1, -0.05) is 24.3 Å². The lowest BCUT2D eigenvalue weighted by Gasteiger charge is -2.17. The zero-order valence-corrected chi connectivity index (χ0v) is 12.2. The van der Waals surface area contributed by atoms with Crippen molar-refractivity contribution in [2.24, 2.45) is 0 Å². The van der Waals surface area contributed by atoms with E-state index in [0.717, 1.165) is 17.0 Å². The van der Waals surface area contributed by atoms with Gasteiger partial charge in [0.2, 0.25) is 0 Å². The number of aryl methyl sites for hydroxylation is 1. The molecule has 1 aliphatic rings. The summed E-state index contributed by atoms with van der Waals surface area (Å²) >= 11 is 0. The molecule has 4 heteroatoms. The van der Waals surface area contributed by atoms with Gasteiger partial charge in [0.1, 0.15) is 5.75 Å². The van der Waals surface area contributed by atoms with E-state index >= 15 is 0 Å². The molecule has 0 fully saturated rings. The van der Waals surface area contributed by atoms with Gasteiger partial charge in [-0.3, -0.25) is 0 Å². The Kier molecular flexibility index (Phi) is 3.52. The molecular weight excluding hydrogens is 264 g/mol. The minimum Gasteiger partial charge on any atom is -0.497 e. The maximum absolute atomic E-state index is 12.4. The first-order valence-corrected chi connectivity index (χ1v) is 6.95. The van der Waals surface area contributed by atoms with Crippen LogP contribution in [0.1, 0.15) is 16.7 Å². The summed E-state index contributed by atoms with van der Waals surface area (Å²) in [4.78, 5) is 14.2. The Hall–Kier alpha value is -2.49. The molecule has 1 aliphatic heterocycles. The predicted octanol–water partition coefficient (Wildman–Crippen LogP) is 3.55. The van der Waals surface area contributed by atoms with Gasteiger partial charge in [0.25, 0.3) is 0 Å². The number of nitrogens with one attached hydrogen (secondary N) is 1. The first-order valence-electron chi connectivity index (χ1n) is 6.95. The Labute approximate surface area is 124 Å². The fourth-order valence-electron chi connectivity index (χ4n) is 2.57. The van der Waals surface area contributed by atoms with E-state index in [4.69, 9.17) is 4.74 Å². The third-order valence-corrected chi connectivity index (χ3v) is 3.80.